The van der Waals surface area contributed by atoms with Crippen molar-refractivity contribution in [2.75, 3.05) is 6.54 Å². The molecule has 0 saturated heterocycles. The van der Waals surface area contributed by atoms with Gasteiger partial charge in [-0.25, -0.2) is 0 Å². The van der Waals surface area contributed by atoms with E-state index in [4.69, 9.17) is 21.3 Å². The van der Waals surface area contributed by atoms with Gasteiger partial charge in [0.05, 0.1) is 6.54 Å². The number of ketones is 1. The van der Waals surface area contributed by atoms with E-state index in [2.05, 4.69) is 0 Å². The first-order valence-corrected chi connectivity index (χ1v) is 6.41. The van der Waals surface area contributed by atoms with E-state index >= 15 is 0 Å². The quantitative estimate of drug-likeness (QED) is 0.574. The van der Waals surface area contributed by atoms with Crippen LogP contribution in [0.25, 0.3) is 0 Å². The molecule has 0 aliphatic rings. The average Bonchev–Trinajstić information content (AvgIpc) is 2.49. The van der Waals surface area contributed by atoms with E-state index in [1.807, 2.05) is 0 Å². The van der Waals surface area contributed by atoms with Gasteiger partial charge in [0.2, 0.25) is 0 Å². The number of nitrogens with two attached hydrogens (primary N) is 2. The summed E-state index contributed by atoms with van der Waals surface area (Å²) < 4.78 is 5.10. The van der Waals surface area contributed by atoms with Crippen molar-refractivity contribution in [3.05, 3.63) is 35.9 Å². The Hall–Kier alpha value is -2.25. The van der Waals surface area contributed by atoms with Gasteiger partial charge < -0.3 is 21.3 Å². The van der Waals surface area contributed by atoms with Crippen LogP contribution in [0.15, 0.2) is 30.3 Å². The largest absolute Gasteiger partial charge is 0.481 e. The average molecular weight is 294 g/mol. The van der Waals surface area contributed by atoms with E-state index in [9.17, 15) is 14.4 Å². The molecule has 0 bridgehead atoms. The summed E-state index contributed by atoms with van der Waals surface area (Å²) in [6.45, 7) is -0.281. The van der Waals surface area contributed by atoms with Gasteiger partial charge in [0, 0.05) is 12.0 Å². The summed E-state index contributed by atoms with van der Waals surface area (Å²) >= 11 is 0. The Balaban J connectivity index is 2.75. The number of Topliss-reactive ketones (excluding diaryl/α,β-unsaturated/α-hetero) is 1. The van der Waals surface area contributed by atoms with Gasteiger partial charge >= 0.3 is 11.9 Å². The second-order valence-corrected chi connectivity index (χ2v) is 4.44. The number of ether oxygens (including phenoxy) is 1. The van der Waals surface area contributed by atoms with Crippen LogP contribution >= 0.6 is 0 Å². The second kappa shape index (κ2) is 8.13. The molecule has 0 aromatic heterocycles. The Bertz CT molecular complexity index is 503. The van der Waals surface area contributed by atoms with E-state index in [-0.39, 0.29) is 19.4 Å². The van der Waals surface area contributed by atoms with Crippen molar-refractivity contribution in [3.63, 3.8) is 0 Å². The summed E-state index contributed by atoms with van der Waals surface area (Å²) in [6, 6.07) is 7.32. The first kappa shape index (κ1) is 16.8. The highest BCUT2D eigenvalue weighted by Crippen LogP contribution is 2.19. The van der Waals surface area contributed by atoms with Crippen molar-refractivity contribution in [2.24, 2.45) is 11.5 Å². The number of benzene rings is 1. The van der Waals surface area contributed by atoms with Crippen molar-refractivity contribution >= 4 is 17.7 Å². The molecule has 0 fully saturated rings. The fourth-order valence-electron chi connectivity index (χ4n) is 1.65. The minimum Gasteiger partial charge on any atom is -0.481 e. The lowest BCUT2D eigenvalue weighted by molar-refractivity contribution is -0.156. The maximum Gasteiger partial charge on any atom is 0.323 e. The zero-order chi connectivity index (χ0) is 15.8. The number of esters is 1. The number of carboxylic acids is 1. The van der Waals surface area contributed by atoms with Crippen molar-refractivity contribution in [1.82, 2.24) is 0 Å². The van der Waals surface area contributed by atoms with E-state index < -0.39 is 29.9 Å². The molecule has 2 unspecified atom stereocenters. The number of carbonyl (C=O) groups is 3. The van der Waals surface area contributed by atoms with Gasteiger partial charge in [-0.15, -0.1) is 0 Å². The molecule has 1 rings (SSSR count). The summed E-state index contributed by atoms with van der Waals surface area (Å²) in [5.74, 6) is -2.34. The van der Waals surface area contributed by atoms with E-state index in [0.29, 0.717) is 5.56 Å². The molecule has 1 aromatic carbocycles. The first-order chi connectivity index (χ1) is 9.95. The summed E-state index contributed by atoms with van der Waals surface area (Å²) in [5.41, 5.74) is 11.4. The molecular formula is C14H18N2O5. The maximum absolute atomic E-state index is 11.8. The van der Waals surface area contributed by atoms with Crippen LogP contribution in [0, 0.1) is 0 Å². The third-order valence-electron chi connectivity index (χ3n) is 2.80. The topological polar surface area (TPSA) is 133 Å². The highest BCUT2D eigenvalue weighted by Gasteiger charge is 2.26. The summed E-state index contributed by atoms with van der Waals surface area (Å²) in [6.07, 6.45) is -1.44. The van der Waals surface area contributed by atoms with Crippen LogP contribution in [-0.2, 0) is 19.1 Å². The highest BCUT2D eigenvalue weighted by molar-refractivity contribution is 5.89. The summed E-state index contributed by atoms with van der Waals surface area (Å²) in [7, 11) is 0. The zero-order valence-electron chi connectivity index (χ0n) is 11.4. The monoisotopic (exact) mass is 294 g/mol. The molecule has 1 aromatic rings. The fourth-order valence-corrected chi connectivity index (χ4v) is 1.65. The lowest BCUT2D eigenvalue weighted by atomic mass is 10.1. The number of rotatable bonds is 8. The molecule has 114 valence electrons. The smallest absolute Gasteiger partial charge is 0.323 e. The van der Waals surface area contributed by atoms with Crippen LogP contribution in [0.1, 0.15) is 24.5 Å². The van der Waals surface area contributed by atoms with Gasteiger partial charge in [-0.3, -0.25) is 14.4 Å². The molecule has 5 N–H and O–H groups in total. The molecular weight excluding hydrogens is 276 g/mol. The van der Waals surface area contributed by atoms with E-state index in [0.717, 1.165) is 0 Å². The minimum atomic E-state index is -1.13. The molecule has 0 aliphatic carbocycles. The number of aliphatic carboxylic acids is 1. The zero-order valence-corrected chi connectivity index (χ0v) is 11.4. The Morgan fingerprint density at radius 1 is 1.19 bits per heavy atom. The van der Waals surface area contributed by atoms with E-state index in [1.165, 1.54) is 0 Å². The van der Waals surface area contributed by atoms with Crippen LogP contribution < -0.4 is 11.5 Å². The molecule has 0 aliphatic heterocycles. The molecule has 7 heteroatoms. The number of carboxylic acid groups (broad SMARTS) is 1. The van der Waals surface area contributed by atoms with Gasteiger partial charge in [-0.05, 0) is 6.42 Å². The molecule has 0 spiro atoms. The summed E-state index contributed by atoms with van der Waals surface area (Å²) in [4.78, 5) is 34.1. The van der Waals surface area contributed by atoms with Crippen LogP contribution in [0.2, 0.25) is 0 Å². The first-order valence-electron chi connectivity index (χ1n) is 6.41. The van der Waals surface area contributed by atoms with Gasteiger partial charge in [0.25, 0.3) is 0 Å². The Morgan fingerprint density at radius 3 is 2.33 bits per heavy atom. The lowest BCUT2D eigenvalue weighted by Crippen LogP contribution is -2.36. The highest BCUT2D eigenvalue weighted by atomic mass is 16.5. The van der Waals surface area contributed by atoms with E-state index in [1.54, 1.807) is 30.3 Å². The molecule has 0 heterocycles. The molecule has 21 heavy (non-hydrogen) atoms. The van der Waals surface area contributed by atoms with Crippen molar-refractivity contribution in [1.29, 1.82) is 0 Å². The predicted octanol–water partition coefficient (Wildman–Crippen LogP) is -0.00920. The standard InChI is InChI=1S/C14H18N2O5/c15-8-11(17)13(9-4-2-1-3-5-9)21-14(20)10(16)6-7-12(18)19/h1-5,10,13H,6-8,15-16H2,(H,18,19). The third kappa shape index (κ3) is 5.33. The van der Waals surface area contributed by atoms with Gasteiger partial charge in [-0.1, -0.05) is 30.3 Å². The van der Waals surface area contributed by atoms with Crippen LogP contribution in [-0.4, -0.2) is 35.4 Å². The van der Waals surface area contributed by atoms with Crippen molar-refractivity contribution < 1.29 is 24.2 Å². The number of carbonyl (C=O) groups excluding carboxylic acids is 2. The van der Waals surface area contributed by atoms with Gasteiger partial charge in [0.1, 0.15) is 6.04 Å². The Morgan fingerprint density at radius 2 is 1.81 bits per heavy atom. The predicted molar refractivity (Wildman–Crippen MR) is 74.2 cm³/mol. The fraction of sp³-hybridized carbons (Fsp3) is 0.357. The number of hydrogen-bond donors (Lipinski definition) is 3. The molecule has 2 atom stereocenters. The lowest BCUT2D eigenvalue weighted by Gasteiger charge is -2.19. The Kier molecular flexibility index (Phi) is 6.51. The minimum absolute atomic E-state index is 0.0630. The second-order valence-electron chi connectivity index (χ2n) is 4.44. The van der Waals surface area contributed by atoms with Gasteiger partial charge in [0.15, 0.2) is 11.9 Å². The normalized spacial score (nSPS) is 13.2. The summed E-state index contributed by atoms with van der Waals surface area (Å²) in [5, 5.41) is 8.55. The molecule has 0 radical (unpaired) electrons. The third-order valence-corrected chi connectivity index (χ3v) is 2.80. The van der Waals surface area contributed by atoms with Gasteiger partial charge in [-0.2, -0.15) is 0 Å². The van der Waals surface area contributed by atoms with Crippen LogP contribution in [0.5, 0.6) is 0 Å². The number of hydrogen-bond acceptors (Lipinski definition) is 6. The molecule has 7 nitrogen and oxygen atoms in total. The maximum atomic E-state index is 11.8. The van der Waals surface area contributed by atoms with Crippen molar-refractivity contribution in [3.8, 4) is 0 Å². The van der Waals surface area contributed by atoms with Crippen LogP contribution in [0.3, 0.4) is 0 Å². The Labute approximate surface area is 121 Å². The molecule has 0 amide bonds. The van der Waals surface area contributed by atoms with Crippen molar-refractivity contribution in [2.45, 2.75) is 25.0 Å². The SMILES string of the molecule is NCC(=O)C(OC(=O)C(N)CCC(=O)O)c1ccccc1. The van der Waals surface area contributed by atoms with Crippen LogP contribution in [0.4, 0.5) is 0 Å². The molecule has 0 saturated carbocycles.